The van der Waals surface area contributed by atoms with Gasteiger partial charge in [0.25, 0.3) is 0 Å². The van der Waals surface area contributed by atoms with Gasteiger partial charge in [-0.15, -0.1) is 0 Å². The average molecular weight is 315 g/mol. The molecule has 0 spiro atoms. The second kappa shape index (κ2) is 8.82. The van der Waals surface area contributed by atoms with Gasteiger partial charge in [0.15, 0.2) is 5.96 Å². The molecule has 124 valence electrons. The van der Waals surface area contributed by atoms with E-state index in [1.807, 2.05) is 43.2 Å². The fourth-order valence-electron chi connectivity index (χ4n) is 2.31. The van der Waals surface area contributed by atoms with Crippen molar-refractivity contribution in [1.29, 1.82) is 0 Å². The van der Waals surface area contributed by atoms with Crippen LogP contribution in [0.1, 0.15) is 12.5 Å². The van der Waals surface area contributed by atoms with E-state index >= 15 is 0 Å². The second-order valence-electron chi connectivity index (χ2n) is 5.21. The number of aliphatic imine (C=N–C) groups is 1. The molecule has 0 saturated carbocycles. The van der Waals surface area contributed by atoms with E-state index in [9.17, 15) is 0 Å². The predicted octanol–water partition coefficient (Wildman–Crippen LogP) is 1.99. The molecule has 6 nitrogen and oxygen atoms in total. The Morgan fingerprint density at radius 1 is 1.35 bits per heavy atom. The first-order valence-electron chi connectivity index (χ1n) is 7.82. The fourth-order valence-corrected chi connectivity index (χ4v) is 2.31. The molecule has 1 aromatic heterocycles. The summed E-state index contributed by atoms with van der Waals surface area (Å²) in [4.78, 5) is 10.5. The van der Waals surface area contributed by atoms with Gasteiger partial charge in [-0.3, -0.25) is 4.99 Å². The first-order chi connectivity index (χ1) is 11.2. The summed E-state index contributed by atoms with van der Waals surface area (Å²) in [6, 6.07) is 8.17. The van der Waals surface area contributed by atoms with Crippen molar-refractivity contribution in [3.05, 3.63) is 48.5 Å². The largest absolute Gasteiger partial charge is 0.494 e. The minimum Gasteiger partial charge on any atom is -0.494 e. The van der Waals surface area contributed by atoms with Crippen LogP contribution in [0.25, 0.3) is 0 Å². The fraction of sp³-hybridized carbons (Fsp3) is 0.412. The topological polar surface area (TPSA) is 54.7 Å². The molecule has 0 radical (unpaired) electrons. The third kappa shape index (κ3) is 5.32. The maximum Gasteiger partial charge on any atom is 0.193 e. The minimum atomic E-state index is 0.687. The molecule has 0 aliphatic rings. The first kappa shape index (κ1) is 16.9. The summed E-state index contributed by atoms with van der Waals surface area (Å²) in [7, 11) is 3.83. The van der Waals surface area contributed by atoms with E-state index in [1.54, 1.807) is 13.2 Å². The van der Waals surface area contributed by atoms with E-state index in [0.717, 1.165) is 31.3 Å². The summed E-state index contributed by atoms with van der Waals surface area (Å²) in [6.45, 7) is 5.12. The third-order valence-electron chi connectivity index (χ3n) is 3.44. The molecule has 2 rings (SSSR count). The van der Waals surface area contributed by atoms with Crippen molar-refractivity contribution in [1.82, 2.24) is 19.8 Å². The standard InChI is InChI=1S/C17H25N5O/c1-4-23-16-7-5-15(6-8-16)13-21(3)17(18-2)20-10-12-22-11-9-19-14-22/h5-9,11,14H,4,10,12-13H2,1-3H3,(H,18,20). The monoisotopic (exact) mass is 315 g/mol. The summed E-state index contributed by atoms with van der Waals surface area (Å²) in [6.07, 6.45) is 5.55. The van der Waals surface area contributed by atoms with Crippen LogP contribution in [0.4, 0.5) is 0 Å². The number of hydrogen-bond donors (Lipinski definition) is 1. The Morgan fingerprint density at radius 3 is 2.74 bits per heavy atom. The Labute approximate surface area is 137 Å². The van der Waals surface area contributed by atoms with E-state index in [1.165, 1.54) is 5.56 Å². The number of rotatable bonds is 7. The number of imidazole rings is 1. The highest BCUT2D eigenvalue weighted by Gasteiger charge is 2.06. The molecular formula is C17H25N5O. The van der Waals surface area contributed by atoms with E-state index in [-0.39, 0.29) is 0 Å². The molecule has 1 aromatic carbocycles. The molecule has 0 fully saturated rings. The van der Waals surface area contributed by atoms with Crippen molar-refractivity contribution in [2.45, 2.75) is 20.0 Å². The van der Waals surface area contributed by atoms with Gasteiger partial charge in [0.2, 0.25) is 0 Å². The van der Waals surface area contributed by atoms with Crippen molar-refractivity contribution >= 4 is 5.96 Å². The van der Waals surface area contributed by atoms with Gasteiger partial charge < -0.3 is 19.5 Å². The number of benzene rings is 1. The third-order valence-corrected chi connectivity index (χ3v) is 3.44. The summed E-state index contributed by atoms with van der Waals surface area (Å²) >= 11 is 0. The van der Waals surface area contributed by atoms with Crippen LogP contribution < -0.4 is 10.1 Å². The van der Waals surface area contributed by atoms with E-state index in [0.29, 0.717) is 6.61 Å². The molecule has 0 saturated heterocycles. The van der Waals surface area contributed by atoms with Gasteiger partial charge in [-0.2, -0.15) is 0 Å². The Bertz CT molecular complexity index is 592. The van der Waals surface area contributed by atoms with Crippen molar-refractivity contribution in [3.63, 3.8) is 0 Å². The smallest absolute Gasteiger partial charge is 0.193 e. The Kier molecular flexibility index (Phi) is 6.47. The SMILES string of the molecule is CCOc1ccc(CN(C)C(=NC)NCCn2ccnc2)cc1. The first-order valence-corrected chi connectivity index (χ1v) is 7.82. The zero-order valence-corrected chi connectivity index (χ0v) is 14.1. The molecule has 0 bridgehead atoms. The molecule has 6 heteroatoms. The highest BCUT2D eigenvalue weighted by atomic mass is 16.5. The van der Waals surface area contributed by atoms with Crippen LogP contribution in [0, 0.1) is 0 Å². The van der Waals surface area contributed by atoms with Gasteiger partial charge in [-0.25, -0.2) is 4.98 Å². The number of ether oxygens (including phenoxy) is 1. The Hall–Kier alpha value is -2.50. The van der Waals surface area contributed by atoms with Gasteiger partial charge in [0.05, 0.1) is 12.9 Å². The van der Waals surface area contributed by atoms with Crippen LogP contribution in [0.2, 0.25) is 0 Å². The van der Waals surface area contributed by atoms with E-state index in [4.69, 9.17) is 4.74 Å². The van der Waals surface area contributed by atoms with Gasteiger partial charge in [0, 0.05) is 46.1 Å². The van der Waals surface area contributed by atoms with Gasteiger partial charge in [-0.1, -0.05) is 12.1 Å². The molecule has 1 N–H and O–H groups in total. The molecule has 23 heavy (non-hydrogen) atoms. The zero-order chi connectivity index (χ0) is 16.5. The highest BCUT2D eigenvalue weighted by Crippen LogP contribution is 2.13. The van der Waals surface area contributed by atoms with Crippen LogP contribution in [0.3, 0.4) is 0 Å². The van der Waals surface area contributed by atoms with Crippen molar-refractivity contribution in [2.24, 2.45) is 4.99 Å². The zero-order valence-electron chi connectivity index (χ0n) is 14.1. The van der Waals surface area contributed by atoms with Gasteiger partial charge >= 0.3 is 0 Å². The molecule has 0 amide bonds. The molecule has 0 aliphatic carbocycles. The second-order valence-corrected chi connectivity index (χ2v) is 5.21. The van der Waals surface area contributed by atoms with Gasteiger partial charge in [0.1, 0.15) is 5.75 Å². The normalized spacial score (nSPS) is 11.3. The number of aromatic nitrogens is 2. The van der Waals surface area contributed by atoms with Gasteiger partial charge in [-0.05, 0) is 24.6 Å². The van der Waals surface area contributed by atoms with Crippen molar-refractivity contribution < 1.29 is 4.74 Å². The summed E-state index contributed by atoms with van der Waals surface area (Å²) in [5.74, 6) is 1.78. The number of nitrogens with zero attached hydrogens (tertiary/aromatic N) is 4. The van der Waals surface area contributed by atoms with E-state index in [2.05, 4.69) is 32.3 Å². The number of guanidine groups is 1. The molecule has 0 atom stereocenters. The maximum atomic E-state index is 5.47. The molecule has 1 heterocycles. The number of nitrogens with one attached hydrogen (secondary N) is 1. The van der Waals surface area contributed by atoms with Crippen LogP contribution in [-0.2, 0) is 13.1 Å². The van der Waals surface area contributed by atoms with E-state index < -0.39 is 0 Å². The molecule has 2 aromatic rings. The molecular weight excluding hydrogens is 290 g/mol. The van der Waals surface area contributed by atoms with Crippen LogP contribution in [-0.4, -0.2) is 47.7 Å². The van der Waals surface area contributed by atoms with Crippen molar-refractivity contribution in [3.8, 4) is 5.75 Å². The minimum absolute atomic E-state index is 0.687. The Morgan fingerprint density at radius 2 is 2.13 bits per heavy atom. The lowest BCUT2D eigenvalue weighted by atomic mass is 10.2. The average Bonchev–Trinajstić information content (AvgIpc) is 3.07. The maximum absolute atomic E-state index is 5.47. The quantitative estimate of drug-likeness (QED) is 0.627. The Balaban J connectivity index is 1.83. The molecule has 0 unspecified atom stereocenters. The van der Waals surface area contributed by atoms with Crippen LogP contribution in [0.5, 0.6) is 5.75 Å². The van der Waals surface area contributed by atoms with Crippen LogP contribution >= 0.6 is 0 Å². The predicted molar refractivity (Wildman–Crippen MR) is 92.7 cm³/mol. The lowest BCUT2D eigenvalue weighted by Gasteiger charge is -2.22. The summed E-state index contributed by atoms with van der Waals surface area (Å²) in [5, 5.41) is 3.36. The number of hydrogen-bond acceptors (Lipinski definition) is 3. The van der Waals surface area contributed by atoms with Crippen molar-refractivity contribution in [2.75, 3.05) is 27.2 Å². The molecule has 0 aliphatic heterocycles. The summed E-state index contributed by atoms with van der Waals surface area (Å²) < 4.78 is 7.50. The summed E-state index contributed by atoms with van der Waals surface area (Å²) in [5.41, 5.74) is 1.22. The lowest BCUT2D eigenvalue weighted by Crippen LogP contribution is -2.39. The lowest BCUT2D eigenvalue weighted by molar-refractivity contribution is 0.340. The van der Waals surface area contributed by atoms with Crippen LogP contribution in [0.15, 0.2) is 48.0 Å². The highest BCUT2D eigenvalue weighted by molar-refractivity contribution is 5.79.